The van der Waals surface area contributed by atoms with E-state index in [0.29, 0.717) is 16.5 Å². The van der Waals surface area contributed by atoms with Gasteiger partial charge in [0.1, 0.15) is 0 Å². The number of hydrogen-bond acceptors (Lipinski definition) is 1. The molecule has 0 fully saturated rings. The zero-order valence-electron chi connectivity index (χ0n) is 13.1. The predicted molar refractivity (Wildman–Crippen MR) is 94.2 cm³/mol. The van der Waals surface area contributed by atoms with Crippen LogP contribution in [0.1, 0.15) is 24.2 Å². The second kappa shape index (κ2) is 6.09. The van der Waals surface area contributed by atoms with Gasteiger partial charge in [0, 0.05) is 34.2 Å². The molecule has 0 saturated carbocycles. The van der Waals surface area contributed by atoms with E-state index in [0.717, 1.165) is 28.6 Å². The number of halogens is 1. The monoisotopic (exact) mass is 327 g/mol. The molecule has 0 aliphatic rings. The van der Waals surface area contributed by atoms with E-state index in [1.807, 2.05) is 47.0 Å². The molecule has 0 atom stereocenters. The fourth-order valence-electron chi connectivity index (χ4n) is 2.87. The highest BCUT2D eigenvalue weighted by atomic mass is 35.5. The number of carboxylic acid groups (broad SMARTS) is 1. The Morgan fingerprint density at radius 3 is 2.61 bits per heavy atom. The van der Waals surface area contributed by atoms with Crippen LogP contribution in [0, 0.1) is 5.92 Å². The maximum atomic E-state index is 11.5. The first kappa shape index (κ1) is 15.6. The topological polar surface area (TPSA) is 42.2 Å². The minimum absolute atomic E-state index is 0.339. The first-order valence-corrected chi connectivity index (χ1v) is 7.96. The Hall–Kier alpha value is -2.26. The maximum absolute atomic E-state index is 11.5. The Morgan fingerprint density at radius 1 is 1.22 bits per heavy atom. The molecule has 1 heterocycles. The smallest absolute Gasteiger partial charge is 0.337 e. The van der Waals surface area contributed by atoms with Crippen LogP contribution in [0.5, 0.6) is 0 Å². The minimum Gasteiger partial charge on any atom is -0.478 e. The number of carboxylic acids is 1. The molecule has 3 rings (SSSR count). The van der Waals surface area contributed by atoms with Crippen molar-refractivity contribution in [2.75, 3.05) is 0 Å². The molecule has 1 aromatic heterocycles. The van der Waals surface area contributed by atoms with Crippen molar-refractivity contribution in [3.8, 4) is 11.1 Å². The van der Waals surface area contributed by atoms with E-state index in [9.17, 15) is 9.90 Å². The van der Waals surface area contributed by atoms with Crippen LogP contribution in [0.15, 0.2) is 48.7 Å². The number of aromatic nitrogens is 1. The predicted octanol–water partition coefficient (Wildman–Crippen LogP) is 5.32. The molecule has 1 N–H and O–H groups in total. The van der Waals surface area contributed by atoms with Gasteiger partial charge in [0.05, 0.1) is 5.56 Å². The molecule has 0 aliphatic heterocycles. The van der Waals surface area contributed by atoms with Crippen molar-refractivity contribution >= 4 is 28.5 Å². The van der Waals surface area contributed by atoms with Gasteiger partial charge in [-0.1, -0.05) is 55.8 Å². The van der Waals surface area contributed by atoms with Gasteiger partial charge in [0.15, 0.2) is 0 Å². The Morgan fingerprint density at radius 2 is 1.96 bits per heavy atom. The normalized spacial score (nSPS) is 11.3. The summed E-state index contributed by atoms with van der Waals surface area (Å²) < 4.78 is 2.02. The molecule has 3 nitrogen and oxygen atoms in total. The number of aromatic carboxylic acids is 1. The Labute approximate surface area is 140 Å². The molecule has 0 unspecified atom stereocenters. The highest BCUT2D eigenvalue weighted by Gasteiger charge is 2.16. The Balaban J connectivity index is 2.22. The van der Waals surface area contributed by atoms with Gasteiger partial charge in [-0.15, -0.1) is 0 Å². The molecule has 4 heteroatoms. The van der Waals surface area contributed by atoms with Crippen LogP contribution in [0.4, 0.5) is 0 Å². The lowest BCUT2D eigenvalue weighted by molar-refractivity contribution is 0.0698. The SMILES string of the molecule is CC(C)Cn1cc(C(=O)O)c2ccc(-c3ccccc3Cl)cc21. The third-order valence-electron chi connectivity index (χ3n) is 3.86. The van der Waals surface area contributed by atoms with Crippen LogP contribution in [-0.4, -0.2) is 15.6 Å². The molecule has 0 bridgehead atoms. The lowest BCUT2D eigenvalue weighted by Gasteiger charge is -2.10. The summed E-state index contributed by atoms with van der Waals surface area (Å²) in [5.74, 6) is -0.473. The van der Waals surface area contributed by atoms with Crippen LogP contribution < -0.4 is 0 Å². The molecule has 0 spiro atoms. The Kier molecular flexibility index (Phi) is 4.14. The van der Waals surface area contributed by atoms with Crippen molar-refractivity contribution in [1.29, 1.82) is 0 Å². The van der Waals surface area contributed by atoms with Crippen LogP contribution in [-0.2, 0) is 6.54 Å². The van der Waals surface area contributed by atoms with Crippen molar-refractivity contribution in [3.05, 3.63) is 59.2 Å². The number of rotatable bonds is 4. The van der Waals surface area contributed by atoms with Gasteiger partial charge < -0.3 is 9.67 Å². The van der Waals surface area contributed by atoms with Gasteiger partial charge in [-0.3, -0.25) is 0 Å². The van der Waals surface area contributed by atoms with Crippen molar-refractivity contribution in [1.82, 2.24) is 4.57 Å². The highest BCUT2D eigenvalue weighted by Crippen LogP contribution is 2.32. The van der Waals surface area contributed by atoms with Gasteiger partial charge >= 0.3 is 5.97 Å². The molecule has 3 aromatic rings. The molecule has 2 aromatic carbocycles. The largest absolute Gasteiger partial charge is 0.478 e. The number of fused-ring (bicyclic) bond motifs is 1. The number of nitrogens with zero attached hydrogens (tertiary/aromatic N) is 1. The fraction of sp³-hybridized carbons (Fsp3) is 0.211. The molecule has 118 valence electrons. The van der Waals surface area contributed by atoms with E-state index in [1.54, 1.807) is 6.20 Å². The van der Waals surface area contributed by atoms with Gasteiger partial charge in [0.25, 0.3) is 0 Å². The van der Waals surface area contributed by atoms with E-state index < -0.39 is 5.97 Å². The zero-order valence-corrected chi connectivity index (χ0v) is 13.8. The molecule has 0 amide bonds. The quantitative estimate of drug-likeness (QED) is 0.705. The Bertz CT molecular complexity index is 880. The third kappa shape index (κ3) is 2.97. The summed E-state index contributed by atoms with van der Waals surface area (Å²) >= 11 is 6.29. The fourth-order valence-corrected chi connectivity index (χ4v) is 3.11. The molecule has 0 aliphatic carbocycles. The van der Waals surface area contributed by atoms with Gasteiger partial charge in [-0.2, -0.15) is 0 Å². The zero-order chi connectivity index (χ0) is 16.6. The second-order valence-corrected chi connectivity index (χ2v) is 6.51. The van der Waals surface area contributed by atoms with Gasteiger partial charge in [0.2, 0.25) is 0 Å². The van der Waals surface area contributed by atoms with Crippen LogP contribution >= 0.6 is 11.6 Å². The molecular formula is C19H18ClNO2. The highest BCUT2D eigenvalue weighted by molar-refractivity contribution is 6.33. The lowest BCUT2D eigenvalue weighted by atomic mass is 10.0. The number of carbonyl (C=O) groups is 1. The minimum atomic E-state index is -0.900. The van der Waals surface area contributed by atoms with Gasteiger partial charge in [-0.25, -0.2) is 4.79 Å². The summed E-state index contributed by atoms with van der Waals surface area (Å²) in [6.07, 6.45) is 1.73. The average Bonchev–Trinajstić information content (AvgIpc) is 2.85. The molecule has 0 saturated heterocycles. The average molecular weight is 328 g/mol. The second-order valence-electron chi connectivity index (χ2n) is 6.11. The molecular weight excluding hydrogens is 310 g/mol. The number of benzene rings is 2. The van der Waals surface area contributed by atoms with Crippen molar-refractivity contribution < 1.29 is 9.90 Å². The summed E-state index contributed by atoms with van der Waals surface area (Å²) in [6, 6.07) is 13.5. The number of hydrogen-bond donors (Lipinski definition) is 1. The standard InChI is InChI=1S/C19H18ClNO2/c1-12(2)10-21-11-16(19(22)23)15-8-7-13(9-18(15)21)14-5-3-4-6-17(14)20/h3-9,11-12H,10H2,1-2H3,(H,22,23). The van der Waals surface area contributed by atoms with Crippen molar-refractivity contribution in [3.63, 3.8) is 0 Å². The van der Waals surface area contributed by atoms with E-state index >= 15 is 0 Å². The first-order valence-electron chi connectivity index (χ1n) is 7.58. The maximum Gasteiger partial charge on any atom is 0.337 e. The third-order valence-corrected chi connectivity index (χ3v) is 4.19. The van der Waals surface area contributed by atoms with E-state index in [-0.39, 0.29) is 0 Å². The summed E-state index contributed by atoms with van der Waals surface area (Å²) in [5, 5.41) is 10.9. The lowest BCUT2D eigenvalue weighted by Crippen LogP contribution is -2.03. The summed E-state index contributed by atoms with van der Waals surface area (Å²) in [7, 11) is 0. The van der Waals surface area contributed by atoms with E-state index in [2.05, 4.69) is 13.8 Å². The van der Waals surface area contributed by atoms with E-state index in [4.69, 9.17) is 11.6 Å². The molecule has 23 heavy (non-hydrogen) atoms. The van der Waals surface area contributed by atoms with Gasteiger partial charge in [-0.05, 0) is 23.6 Å². The van der Waals surface area contributed by atoms with Crippen molar-refractivity contribution in [2.45, 2.75) is 20.4 Å². The molecule has 0 radical (unpaired) electrons. The van der Waals surface area contributed by atoms with Crippen LogP contribution in [0.25, 0.3) is 22.0 Å². The summed E-state index contributed by atoms with van der Waals surface area (Å²) in [6.45, 7) is 5.00. The van der Waals surface area contributed by atoms with Crippen LogP contribution in [0.2, 0.25) is 5.02 Å². The first-order chi connectivity index (χ1) is 11.0. The summed E-state index contributed by atoms with van der Waals surface area (Å²) in [4.78, 5) is 11.5. The summed E-state index contributed by atoms with van der Waals surface area (Å²) in [5.41, 5.74) is 3.20. The van der Waals surface area contributed by atoms with Crippen molar-refractivity contribution in [2.24, 2.45) is 5.92 Å². The van der Waals surface area contributed by atoms with Crippen LogP contribution in [0.3, 0.4) is 0 Å². The van der Waals surface area contributed by atoms with E-state index in [1.165, 1.54) is 0 Å².